The summed E-state index contributed by atoms with van der Waals surface area (Å²) in [5, 5.41) is 4.56. The van der Waals surface area contributed by atoms with Crippen LogP contribution < -0.4 is 11.1 Å². The van der Waals surface area contributed by atoms with Crippen LogP contribution in [0.2, 0.25) is 5.02 Å². The quantitative estimate of drug-likeness (QED) is 0.720. The Morgan fingerprint density at radius 3 is 3.00 bits per heavy atom. The van der Waals surface area contributed by atoms with Crippen molar-refractivity contribution in [3.63, 3.8) is 0 Å². The van der Waals surface area contributed by atoms with Gasteiger partial charge in [-0.1, -0.05) is 35.2 Å². The van der Waals surface area contributed by atoms with Crippen LogP contribution in [0, 0.1) is 0 Å². The van der Waals surface area contributed by atoms with E-state index in [1.54, 1.807) is 12.3 Å². The van der Waals surface area contributed by atoms with Crippen molar-refractivity contribution in [3.8, 4) is 0 Å². The summed E-state index contributed by atoms with van der Waals surface area (Å²) in [6.07, 6.45) is 1.67. The van der Waals surface area contributed by atoms with Gasteiger partial charge in [0.25, 0.3) is 0 Å². The first kappa shape index (κ1) is 13.2. The molecule has 0 atom stereocenters. The molecule has 0 fully saturated rings. The zero-order valence-electron chi connectivity index (χ0n) is 10.1. The molecule has 2 heterocycles. The first-order valence-electron chi connectivity index (χ1n) is 5.71. The lowest BCUT2D eigenvalue weighted by Gasteiger charge is -2.06. The monoisotopic (exact) mass is 320 g/mol. The summed E-state index contributed by atoms with van der Waals surface area (Å²) in [4.78, 5) is 9.02. The highest BCUT2D eigenvalue weighted by molar-refractivity contribution is 7.80. The number of nitrogens with zero attached hydrogens (tertiary/aromatic N) is 2. The molecule has 0 amide bonds. The standard InChI is InChI=1S/C13H9ClN4S2/c14-7-3-4-9-10(6-7)20-13(17-9)18-12-8(11(15)19)2-1-5-16-12/h1-6H,(H2,15,19)(H,16,17,18). The molecule has 3 aromatic rings. The van der Waals surface area contributed by atoms with Crippen molar-refractivity contribution in [1.29, 1.82) is 0 Å². The van der Waals surface area contributed by atoms with E-state index in [9.17, 15) is 0 Å². The maximum atomic E-state index is 5.97. The van der Waals surface area contributed by atoms with Gasteiger partial charge in [-0.25, -0.2) is 9.97 Å². The zero-order chi connectivity index (χ0) is 14.1. The van der Waals surface area contributed by atoms with Crippen LogP contribution >= 0.6 is 35.2 Å². The van der Waals surface area contributed by atoms with E-state index in [1.165, 1.54) is 11.3 Å². The van der Waals surface area contributed by atoms with E-state index in [2.05, 4.69) is 15.3 Å². The highest BCUT2D eigenvalue weighted by Gasteiger charge is 2.09. The molecule has 0 radical (unpaired) electrons. The van der Waals surface area contributed by atoms with Crippen molar-refractivity contribution >= 4 is 61.3 Å². The molecule has 0 aliphatic heterocycles. The summed E-state index contributed by atoms with van der Waals surface area (Å²) in [5.74, 6) is 0.602. The minimum Gasteiger partial charge on any atom is -0.389 e. The maximum absolute atomic E-state index is 5.97. The van der Waals surface area contributed by atoms with Crippen LogP contribution in [-0.2, 0) is 0 Å². The number of rotatable bonds is 3. The Labute approximate surface area is 129 Å². The molecule has 20 heavy (non-hydrogen) atoms. The number of hydrogen-bond acceptors (Lipinski definition) is 5. The molecule has 0 unspecified atom stereocenters. The molecule has 0 saturated carbocycles. The number of thiazole rings is 1. The summed E-state index contributed by atoms with van der Waals surface area (Å²) in [5.41, 5.74) is 7.26. The number of nitrogens with one attached hydrogen (secondary N) is 1. The largest absolute Gasteiger partial charge is 0.389 e. The molecule has 1 aromatic carbocycles. The van der Waals surface area contributed by atoms with Gasteiger partial charge in [0.2, 0.25) is 0 Å². The number of halogens is 1. The van der Waals surface area contributed by atoms with E-state index in [0.717, 1.165) is 15.3 Å². The number of fused-ring (bicyclic) bond motifs is 1. The Kier molecular flexibility index (Phi) is 3.52. The average Bonchev–Trinajstić information content (AvgIpc) is 2.80. The van der Waals surface area contributed by atoms with Gasteiger partial charge in [-0.2, -0.15) is 0 Å². The number of pyridine rings is 1. The van der Waals surface area contributed by atoms with Crippen molar-refractivity contribution < 1.29 is 0 Å². The van der Waals surface area contributed by atoms with Gasteiger partial charge in [0, 0.05) is 11.2 Å². The van der Waals surface area contributed by atoms with Gasteiger partial charge in [-0.05, 0) is 30.3 Å². The Morgan fingerprint density at radius 1 is 1.35 bits per heavy atom. The van der Waals surface area contributed by atoms with Gasteiger partial charge < -0.3 is 11.1 Å². The Hall–Kier alpha value is -1.76. The van der Waals surface area contributed by atoms with Gasteiger partial charge in [-0.15, -0.1) is 0 Å². The number of benzene rings is 1. The van der Waals surface area contributed by atoms with E-state index in [4.69, 9.17) is 29.6 Å². The first-order chi connectivity index (χ1) is 9.63. The van der Waals surface area contributed by atoms with Crippen molar-refractivity contribution in [2.75, 3.05) is 5.32 Å². The second kappa shape index (κ2) is 5.32. The van der Waals surface area contributed by atoms with Crippen molar-refractivity contribution in [2.24, 2.45) is 5.73 Å². The highest BCUT2D eigenvalue weighted by atomic mass is 35.5. The predicted molar refractivity (Wildman–Crippen MR) is 88.0 cm³/mol. The van der Waals surface area contributed by atoms with Crippen molar-refractivity contribution in [2.45, 2.75) is 0 Å². The van der Waals surface area contributed by atoms with Crippen LogP contribution in [0.25, 0.3) is 10.2 Å². The van der Waals surface area contributed by atoms with Crippen molar-refractivity contribution in [3.05, 3.63) is 47.1 Å². The Morgan fingerprint density at radius 2 is 2.20 bits per heavy atom. The minimum atomic E-state index is 0.296. The summed E-state index contributed by atoms with van der Waals surface area (Å²) >= 11 is 12.5. The van der Waals surface area contributed by atoms with E-state index < -0.39 is 0 Å². The number of thiocarbonyl (C=S) groups is 1. The second-order valence-electron chi connectivity index (χ2n) is 4.02. The minimum absolute atomic E-state index is 0.296. The van der Waals surface area contributed by atoms with Crippen molar-refractivity contribution in [1.82, 2.24) is 9.97 Å². The molecule has 100 valence electrons. The Bertz CT molecular complexity index is 800. The molecule has 0 aliphatic rings. The topological polar surface area (TPSA) is 63.8 Å². The lowest BCUT2D eigenvalue weighted by molar-refractivity contribution is 1.29. The molecule has 3 rings (SSSR count). The van der Waals surface area contributed by atoms with E-state index in [0.29, 0.717) is 21.4 Å². The van der Waals surface area contributed by atoms with Crippen LogP contribution in [0.4, 0.5) is 10.9 Å². The van der Waals surface area contributed by atoms with Crippen LogP contribution in [0.5, 0.6) is 0 Å². The fraction of sp³-hybridized carbons (Fsp3) is 0. The zero-order valence-corrected chi connectivity index (χ0v) is 12.5. The highest BCUT2D eigenvalue weighted by Crippen LogP contribution is 2.30. The molecule has 4 nitrogen and oxygen atoms in total. The van der Waals surface area contributed by atoms with Crippen LogP contribution in [0.3, 0.4) is 0 Å². The van der Waals surface area contributed by atoms with Crippen LogP contribution in [0.1, 0.15) is 5.56 Å². The average molecular weight is 321 g/mol. The third-order valence-corrected chi connectivity index (χ3v) is 4.04. The third-order valence-electron chi connectivity index (χ3n) is 2.65. The molecular weight excluding hydrogens is 312 g/mol. The van der Waals surface area contributed by atoms with Crippen LogP contribution in [0.15, 0.2) is 36.5 Å². The Balaban J connectivity index is 1.99. The summed E-state index contributed by atoms with van der Waals surface area (Å²) in [6, 6.07) is 9.19. The van der Waals surface area contributed by atoms with E-state index in [-0.39, 0.29) is 0 Å². The number of aromatic nitrogens is 2. The molecular formula is C13H9ClN4S2. The van der Waals surface area contributed by atoms with Gasteiger partial charge >= 0.3 is 0 Å². The fourth-order valence-corrected chi connectivity index (χ4v) is 3.06. The summed E-state index contributed by atoms with van der Waals surface area (Å²) < 4.78 is 1.01. The molecule has 2 aromatic heterocycles. The number of nitrogens with two attached hydrogens (primary N) is 1. The van der Waals surface area contributed by atoms with Gasteiger partial charge in [0.05, 0.1) is 15.8 Å². The molecule has 7 heteroatoms. The van der Waals surface area contributed by atoms with Gasteiger partial charge in [0.1, 0.15) is 10.8 Å². The molecule has 0 saturated heterocycles. The lowest BCUT2D eigenvalue weighted by Crippen LogP contribution is -2.12. The van der Waals surface area contributed by atoms with Gasteiger partial charge in [0.15, 0.2) is 5.13 Å². The predicted octanol–water partition coefficient (Wildman–Crippen LogP) is 3.72. The molecule has 0 aliphatic carbocycles. The second-order valence-corrected chi connectivity index (χ2v) is 5.93. The SMILES string of the molecule is NC(=S)c1cccnc1Nc1nc2ccc(Cl)cc2s1. The maximum Gasteiger partial charge on any atom is 0.189 e. The normalized spacial score (nSPS) is 10.7. The van der Waals surface area contributed by atoms with Crippen LogP contribution in [-0.4, -0.2) is 15.0 Å². The van der Waals surface area contributed by atoms with E-state index in [1.807, 2.05) is 24.3 Å². The molecule has 0 spiro atoms. The molecule has 0 bridgehead atoms. The number of anilines is 2. The summed E-state index contributed by atoms with van der Waals surface area (Å²) in [7, 11) is 0. The van der Waals surface area contributed by atoms with E-state index >= 15 is 0 Å². The lowest BCUT2D eigenvalue weighted by atomic mass is 10.2. The summed E-state index contributed by atoms with van der Waals surface area (Å²) in [6.45, 7) is 0. The van der Waals surface area contributed by atoms with Gasteiger partial charge in [-0.3, -0.25) is 0 Å². The fourth-order valence-electron chi connectivity index (χ4n) is 1.76. The smallest absolute Gasteiger partial charge is 0.189 e. The number of hydrogen-bond donors (Lipinski definition) is 2. The third kappa shape index (κ3) is 2.58. The molecule has 3 N–H and O–H groups in total. The first-order valence-corrected chi connectivity index (χ1v) is 7.32.